The maximum absolute atomic E-state index is 12.5. The van der Waals surface area contributed by atoms with E-state index in [9.17, 15) is 9.90 Å². The lowest BCUT2D eigenvalue weighted by Gasteiger charge is -2.27. The first-order valence-electron chi connectivity index (χ1n) is 10.9. The van der Waals surface area contributed by atoms with Gasteiger partial charge in [0, 0.05) is 18.7 Å². The fourth-order valence-corrected chi connectivity index (χ4v) is 4.23. The molecule has 2 aromatic carbocycles. The molecular weight excluding hydrogens is 432 g/mol. The normalized spacial score (nSPS) is 20.6. The maximum Gasteiger partial charge on any atom is 0.234 e. The van der Waals surface area contributed by atoms with E-state index in [4.69, 9.17) is 25.8 Å². The summed E-state index contributed by atoms with van der Waals surface area (Å²) in [7, 11) is 0. The molecular formula is C24H29ClN2O5. The van der Waals surface area contributed by atoms with Crippen molar-refractivity contribution in [2.45, 2.75) is 38.3 Å². The van der Waals surface area contributed by atoms with Crippen LogP contribution in [-0.4, -0.2) is 54.5 Å². The van der Waals surface area contributed by atoms with Gasteiger partial charge in [0.1, 0.15) is 12.4 Å². The summed E-state index contributed by atoms with van der Waals surface area (Å²) < 4.78 is 16.7. The van der Waals surface area contributed by atoms with E-state index in [2.05, 4.69) is 10.2 Å². The molecule has 172 valence electrons. The summed E-state index contributed by atoms with van der Waals surface area (Å²) in [6.07, 6.45) is 1.93. The topological polar surface area (TPSA) is 80.3 Å². The molecule has 0 aliphatic carbocycles. The Kier molecular flexibility index (Phi) is 7.08. The van der Waals surface area contributed by atoms with Crippen molar-refractivity contribution in [3.8, 4) is 17.2 Å². The largest absolute Gasteiger partial charge is 0.489 e. The molecule has 1 saturated heterocycles. The van der Waals surface area contributed by atoms with Crippen LogP contribution in [0.15, 0.2) is 36.4 Å². The number of aryl methyl sites for hydroxylation is 1. The van der Waals surface area contributed by atoms with Gasteiger partial charge in [-0.3, -0.25) is 9.69 Å². The molecule has 8 heteroatoms. The second-order valence-corrected chi connectivity index (χ2v) is 8.91. The van der Waals surface area contributed by atoms with E-state index in [1.807, 2.05) is 37.3 Å². The molecule has 0 unspecified atom stereocenters. The molecule has 0 saturated carbocycles. The second kappa shape index (κ2) is 9.98. The summed E-state index contributed by atoms with van der Waals surface area (Å²) in [5.74, 6) is 1.93. The molecule has 1 atom stereocenters. The van der Waals surface area contributed by atoms with Crippen molar-refractivity contribution < 1.29 is 24.1 Å². The Labute approximate surface area is 193 Å². The zero-order chi connectivity index (χ0) is 22.6. The molecule has 1 amide bonds. The minimum atomic E-state index is -0.944. The number of aliphatic hydroxyl groups is 1. The Balaban J connectivity index is 1.25. The smallest absolute Gasteiger partial charge is 0.234 e. The van der Waals surface area contributed by atoms with Gasteiger partial charge in [0.05, 0.1) is 17.2 Å². The van der Waals surface area contributed by atoms with Gasteiger partial charge in [-0.25, -0.2) is 0 Å². The Hall–Kier alpha value is -2.48. The van der Waals surface area contributed by atoms with Gasteiger partial charge in [-0.1, -0.05) is 29.8 Å². The standard InChI is InChI=1S/C24H29ClN2O5/c1-17-6-7-19(25)21(12-17)30-15-24(29)8-3-10-27(11-9-24)14-22(28)26-13-18-4-2-5-20-23(18)32-16-31-20/h2,4-7,12,29H,3,8-11,13-16H2,1H3,(H,26,28)/t24-/m1/s1. The van der Waals surface area contributed by atoms with E-state index >= 15 is 0 Å². The third kappa shape index (κ3) is 5.65. The summed E-state index contributed by atoms with van der Waals surface area (Å²) in [5.41, 5.74) is 1.000. The molecule has 2 heterocycles. The van der Waals surface area contributed by atoms with Gasteiger partial charge in [-0.2, -0.15) is 0 Å². The highest BCUT2D eigenvalue weighted by atomic mass is 35.5. The SMILES string of the molecule is Cc1ccc(Cl)c(OC[C@@]2(O)CCCN(CC(=O)NCc3cccc4c3OCO4)CC2)c1. The Morgan fingerprint density at radius 3 is 3.00 bits per heavy atom. The van der Waals surface area contributed by atoms with Gasteiger partial charge in [-0.05, 0) is 56.5 Å². The number of rotatable bonds is 7. The number of para-hydroxylation sites is 1. The number of ether oxygens (including phenoxy) is 3. The van der Waals surface area contributed by atoms with E-state index in [0.29, 0.717) is 48.2 Å². The molecule has 7 nitrogen and oxygen atoms in total. The molecule has 4 rings (SSSR count). The Morgan fingerprint density at radius 2 is 2.12 bits per heavy atom. The first-order chi connectivity index (χ1) is 15.4. The van der Waals surface area contributed by atoms with Crippen molar-refractivity contribution in [2.24, 2.45) is 0 Å². The molecule has 0 bridgehead atoms. The van der Waals surface area contributed by atoms with Crippen LogP contribution in [0.5, 0.6) is 17.2 Å². The number of amides is 1. The van der Waals surface area contributed by atoms with Crippen LogP contribution >= 0.6 is 11.6 Å². The number of carbonyl (C=O) groups is 1. The quantitative estimate of drug-likeness (QED) is 0.660. The van der Waals surface area contributed by atoms with Crippen LogP contribution in [0.4, 0.5) is 0 Å². The molecule has 0 spiro atoms. The average Bonchev–Trinajstić information content (AvgIpc) is 3.19. The van der Waals surface area contributed by atoms with Crippen LogP contribution in [0.25, 0.3) is 0 Å². The zero-order valence-corrected chi connectivity index (χ0v) is 19.0. The summed E-state index contributed by atoms with van der Waals surface area (Å²) >= 11 is 6.20. The summed E-state index contributed by atoms with van der Waals surface area (Å²) in [6.45, 7) is 4.39. The van der Waals surface area contributed by atoms with Gasteiger partial charge in [-0.15, -0.1) is 0 Å². The van der Waals surface area contributed by atoms with Gasteiger partial charge < -0.3 is 24.6 Å². The zero-order valence-electron chi connectivity index (χ0n) is 18.2. The molecule has 2 aromatic rings. The first-order valence-corrected chi connectivity index (χ1v) is 11.3. The van der Waals surface area contributed by atoms with Gasteiger partial charge >= 0.3 is 0 Å². The lowest BCUT2D eigenvalue weighted by molar-refractivity contribution is -0.122. The number of benzene rings is 2. The van der Waals surface area contributed by atoms with Crippen molar-refractivity contribution in [1.29, 1.82) is 0 Å². The maximum atomic E-state index is 12.5. The fraction of sp³-hybridized carbons (Fsp3) is 0.458. The highest BCUT2D eigenvalue weighted by Crippen LogP contribution is 2.35. The van der Waals surface area contributed by atoms with Crippen molar-refractivity contribution in [1.82, 2.24) is 10.2 Å². The summed E-state index contributed by atoms with van der Waals surface area (Å²) in [6, 6.07) is 11.2. The predicted molar refractivity (Wildman–Crippen MR) is 121 cm³/mol. The predicted octanol–water partition coefficient (Wildman–Crippen LogP) is 3.29. The first kappa shape index (κ1) is 22.7. The minimum Gasteiger partial charge on any atom is -0.489 e. The lowest BCUT2D eigenvalue weighted by Crippen LogP contribution is -2.40. The Morgan fingerprint density at radius 1 is 1.25 bits per heavy atom. The average molecular weight is 461 g/mol. The van der Waals surface area contributed by atoms with E-state index < -0.39 is 5.60 Å². The van der Waals surface area contributed by atoms with Crippen LogP contribution in [0.1, 0.15) is 30.4 Å². The fourth-order valence-electron chi connectivity index (χ4n) is 4.05. The van der Waals surface area contributed by atoms with Crippen molar-refractivity contribution in [3.05, 3.63) is 52.5 Å². The number of nitrogens with one attached hydrogen (secondary N) is 1. The summed E-state index contributed by atoms with van der Waals surface area (Å²) in [4.78, 5) is 14.6. The molecule has 1 fully saturated rings. The van der Waals surface area contributed by atoms with E-state index in [-0.39, 0.29) is 25.9 Å². The molecule has 32 heavy (non-hydrogen) atoms. The Bertz CT molecular complexity index is 969. The lowest BCUT2D eigenvalue weighted by atomic mass is 9.96. The van der Waals surface area contributed by atoms with Crippen molar-refractivity contribution >= 4 is 17.5 Å². The number of carbonyl (C=O) groups excluding carboxylic acids is 1. The van der Waals surface area contributed by atoms with Crippen LogP contribution in [0, 0.1) is 6.92 Å². The second-order valence-electron chi connectivity index (χ2n) is 8.50. The number of hydrogen-bond donors (Lipinski definition) is 2. The number of likely N-dealkylation sites (tertiary alicyclic amines) is 1. The highest BCUT2D eigenvalue weighted by molar-refractivity contribution is 6.32. The monoisotopic (exact) mass is 460 g/mol. The summed E-state index contributed by atoms with van der Waals surface area (Å²) in [5, 5.41) is 14.5. The van der Waals surface area contributed by atoms with Gasteiger partial charge in [0.25, 0.3) is 0 Å². The van der Waals surface area contributed by atoms with E-state index in [1.165, 1.54) is 0 Å². The van der Waals surface area contributed by atoms with Crippen LogP contribution in [0.3, 0.4) is 0 Å². The van der Waals surface area contributed by atoms with E-state index in [1.54, 1.807) is 6.07 Å². The highest BCUT2D eigenvalue weighted by Gasteiger charge is 2.32. The van der Waals surface area contributed by atoms with Crippen molar-refractivity contribution in [2.75, 3.05) is 33.0 Å². The molecule has 2 aliphatic rings. The van der Waals surface area contributed by atoms with Crippen LogP contribution in [-0.2, 0) is 11.3 Å². The third-order valence-corrected chi connectivity index (χ3v) is 6.23. The van der Waals surface area contributed by atoms with Gasteiger partial charge in [0.2, 0.25) is 12.7 Å². The van der Waals surface area contributed by atoms with Crippen LogP contribution in [0.2, 0.25) is 5.02 Å². The van der Waals surface area contributed by atoms with E-state index in [0.717, 1.165) is 24.1 Å². The molecule has 2 N–H and O–H groups in total. The third-order valence-electron chi connectivity index (χ3n) is 5.91. The molecule has 0 radical (unpaired) electrons. The number of halogens is 1. The van der Waals surface area contributed by atoms with Crippen molar-refractivity contribution in [3.63, 3.8) is 0 Å². The van der Waals surface area contributed by atoms with Crippen LogP contribution < -0.4 is 19.5 Å². The van der Waals surface area contributed by atoms with Gasteiger partial charge in [0.15, 0.2) is 11.5 Å². The minimum absolute atomic E-state index is 0.0604. The number of fused-ring (bicyclic) bond motifs is 1. The number of hydrogen-bond acceptors (Lipinski definition) is 6. The molecule has 2 aliphatic heterocycles. The number of nitrogens with zero attached hydrogens (tertiary/aromatic N) is 1. The molecule has 0 aromatic heterocycles.